The van der Waals surface area contributed by atoms with Crippen molar-refractivity contribution in [3.8, 4) is 0 Å². The molecule has 4 heteroatoms. The fourth-order valence-electron chi connectivity index (χ4n) is 0.967. The van der Waals surface area contributed by atoms with Crippen LogP contribution in [-0.4, -0.2) is 9.78 Å². The summed E-state index contributed by atoms with van der Waals surface area (Å²) in [5, 5.41) is 3.01. The quantitative estimate of drug-likeness (QED) is 0.804. The largest absolute Gasteiger partial charge is 0.299 e. The zero-order chi connectivity index (χ0) is 8.43. The van der Waals surface area contributed by atoms with Crippen LogP contribution in [0.2, 0.25) is 0 Å². The molecule has 0 aliphatic heterocycles. The number of rotatable bonds is 2. The van der Waals surface area contributed by atoms with Crippen LogP contribution in [0.3, 0.4) is 0 Å². The summed E-state index contributed by atoms with van der Waals surface area (Å²) in [6.07, 6.45) is 0.850. The van der Waals surface area contributed by atoms with Gasteiger partial charge in [0.15, 0.2) is 0 Å². The van der Waals surface area contributed by atoms with E-state index in [4.69, 9.17) is 0 Å². The van der Waals surface area contributed by atoms with E-state index in [1.54, 1.807) is 4.68 Å². The third-order valence-electron chi connectivity index (χ3n) is 1.64. The molecule has 0 aliphatic carbocycles. The standard InChI is InChI=1S/C7H11BrN2O/c1-3-5-6(8)7(11)10(4-2)9-5/h9H,3-4H2,1-2H3. The first-order valence-corrected chi connectivity index (χ1v) is 4.47. The van der Waals surface area contributed by atoms with E-state index in [-0.39, 0.29) is 5.56 Å². The zero-order valence-electron chi connectivity index (χ0n) is 6.65. The van der Waals surface area contributed by atoms with Crippen molar-refractivity contribution in [3.63, 3.8) is 0 Å². The molecule has 0 fully saturated rings. The first kappa shape index (κ1) is 8.59. The molecule has 0 saturated carbocycles. The third-order valence-corrected chi connectivity index (χ3v) is 2.46. The number of nitrogens with one attached hydrogen (secondary N) is 1. The van der Waals surface area contributed by atoms with Crippen molar-refractivity contribution in [1.29, 1.82) is 0 Å². The Hall–Kier alpha value is -0.510. The highest BCUT2D eigenvalue weighted by Crippen LogP contribution is 2.09. The maximum absolute atomic E-state index is 11.3. The summed E-state index contributed by atoms with van der Waals surface area (Å²) in [5.41, 5.74) is 1.00. The van der Waals surface area contributed by atoms with E-state index in [0.717, 1.165) is 12.1 Å². The fourth-order valence-corrected chi connectivity index (χ4v) is 1.55. The second-order valence-corrected chi connectivity index (χ2v) is 3.10. The SMILES string of the molecule is CCc1[nH]n(CC)c(=O)c1Br. The Bertz CT molecular complexity index is 300. The summed E-state index contributed by atoms with van der Waals surface area (Å²) in [5.74, 6) is 0. The molecule has 1 rings (SSSR count). The molecule has 0 spiro atoms. The summed E-state index contributed by atoms with van der Waals surface area (Å²) in [6, 6.07) is 0. The summed E-state index contributed by atoms with van der Waals surface area (Å²) in [6.45, 7) is 4.64. The highest BCUT2D eigenvalue weighted by atomic mass is 79.9. The van der Waals surface area contributed by atoms with Crippen molar-refractivity contribution in [2.75, 3.05) is 0 Å². The summed E-state index contributed by atoms with van der Waals surface area (Å²) < 4.78 is 2.25. The van der Waals surface area contributed by atoms with Gasteiger partial charge < -0.3 is 0 Å². The van der Waals surface area contributed by atoms with Crippen LogP contribution in [0, 0.1) is 0 Å². The number of aromatic amines is 1. The van der Waals surface area contributed by atoms with Gasteiger partial charge in [-0.2, -0.15) is 0 Å². The monoisotopic (exact) mass is 218 g/mol. The van der Waals surface area contributed by atoms with Crippen LogP contribution in [0.15, 0.2) is 9.27 Å². The maximum atomic E-state index is 11.3. The molecule has 1 aromatic rings. The van der Waals surface area contributed by atoms with E-state index in [1.165, 1.54) is 0 Å². The van der Waals surface area contributed by atoms with Crippen LogP contribution in [0.5, 0.6) is 0 Å². The fraction of sp³-hybridized carbons (Fsp3) is 0.571. The molecule has 0 aliphatic rings. The lowest BCUT2D eigenvalue weighted by Gasteiger charge is -1.92. The normalized spacial score (nSPS) is 10.5. The molecule has 3 nitrogen and oxygen atoms in total. The van der Waals surface area contributed by atoms with Crippen molar-refractivity contribution in [1.82, 2.24) is 9.78 Å². The van der Waals surface area contributed by atoms with Gasteiger partial charge in [0.1, 0.15) is 4.47 Å². The molecular weight excluding hydrogens is 208 g/mol. The van der Waals surface area contributed by atoms with Gasteiger partial charge in [-0.1, -0.05) is 6.92 Å². The molecule has 0 saturated heterocycles. The Morgan fingerprint density at radius 2 is 2.18 bits per heavy atom. The highest BCUT2D eigenvalue weighted by molar-refractivity contribution is 9.10. The second kappa shape index (κ2) is 3.26. The number of H-pyrrole nitrogens is 1. The van der Waals surface area contributed by atoms with Crippen LogP contribution < -0.4 is 5.56 Å². The molecular formula is C7H11BrN2O. The van der Waals surface area contributed by atoms with Crippen LogP contribution >= 0.6 is 15.9 Å². The molecule has 0 amide bonds. The molecule has 11 heavy (non-hydrogen) atoms. The van der Waals surface area contributed by atoms with E-state index >= 15 is 0 Å². The zero-order valence-corrected chi connectivity index (χ0v) is 8.23. The average Bonchev–Trinajstić information content (AvgIpc) is 2.30. The van der Waals surface area contributed by atoms with Crippen molar-refractivity contribution in [2.45, 2.75) is 26.8 Å². The molecule has 0 unspecified atom stereocenters. The minimum absolute atomic E-state index is 0.0318. The Morgan fingerprint density at radius 1 is 1.55 bits per heavy atom. The lowest BCUT2D eigenvalue weighted by Crippen LogP contribution is -2.15. The smallest absolute Gasteiger partial charge is 0.281 e. The lowest BCUT2D eigenvalue weighted by molar-refractivity contribution is 0.628. The number of hydrogen-bond acceptors (Lipinski definition) is 1. The number of nitrogens with zero attached hydrogens (tertiary/aromatic N) is 1. The van der Waals surface area contributed by atoms with Crippen molar-refractivity contribution >= 4 is 15.9 Å². The Labute approximate surface area is 73.5 Å². The van der Waals surface area contributed by atoms with Gasteiger partial charge in [-0.3, -0.25) is 14.6 Å². The van der Waals surface area contributed by atoms with Gasteiger partial charge in [0, 0.05) is 6.54 Å². The summed E-state index contributed by atoms with van der Waals surface area (Å²) >= 11 is 3.24. The summed E-state index contributed by atoms with van der Waals surface area (Å²) in [7, 11) is 0. The molecule has 0 aromatic carbocycles. The molecule has 62 valence electrons. The molecule has 0 atom stereocenters. The number of aryl methyl sites for hydroxylation is 2. The second-order valence-electron chi connectivity index (χ2n) is 2.31. The topological polar surface area (TPSA) is 37.8 Å². The summed E-state index contributed by atoms with van der Waals surface area (Å²) in [4.78, 5) is 11.3. The van der Waals surface area contributed by atoms with E-state index < -0.39 is 0 Å². The molecule has 0 radical (unpaired) electrons. The van der Waals surface area contributed by atoms with Crippen LogP contribution in [0.1, 0.15) is 19.5 Å². The van der Waals surface area contributed by atoms with Gasteiger partial charge in [0.25, 0.3) is 5.56 Å². The van der Waals surface area contributed by atoms with Crippen LogP contribution in [0.25, 0.3) is 0 Å². The molecule has 0 bridgehead atoms. The molecule has 1 aromatic heterocycles. The van der Waals surface area contributed by atoms with Crippen LogP contribution in [-0.2, 0) is 13.0 Å². The minimum atomic E-state index is 0.0318. The molecule has 1 heterocycles. The Morgan fingerprint density at radius 3 is 2.45 bits per heavy atom. The van der Waals surface area contributed by atoms with Crippen molar-refractivity contribution < 1.29 is 0 Å². The van der Waals surface area contributed by atoms with Gasteiger partial charge >= 0.3 is 0 Å². The van der Waals surface area contributed by atoms with Crippen molar-refractivity contribution in [3.05, 3.63) is 20.5 Å². The van der Waals surface area contributed by atoms with E-state index in [1.807, 2.05) is 13.8 Å². The first-order chi connectivity index (χ1) is 5.20. The maximum Gasteiger partial charge on any atom is 0.281 e. The van der Waals surface area contributed by atoms with E-state index in [9.17, 15) is 4.79 Å². The number of aromatic nitrogens is 2. The predicted molar refractivity (Wildman–Crippen MR) is 47.8 cm³/mol. The van der Waals surface area contributed by atoms with Crippen LogP contribution in [0.4, 0.5) is 0 Å². The van der Waals surface area contributed by atoms with Crippen molar-refractivity contribution in [2.24, 2.45) is 0 Å². The minimum Gasteiger partial charge on any atom is -0.299 e. The predicted octanol–water partition coefficient (Wildman–Crippen LogP) is 1.52. The number of halogens is 1. The van der Waals surface area contributed by atoms with Gasteiger partial charge in [-0.05, 0) is 29.3 Å². The first-order valence-electron chi connectivity index (χ1n) is 3.67. The van der Waals surface area contributed by atoms with Gasteiger partial charge in [0.05, 0.1) is 5.69 Å². The lowest BCUT2D eigenvalue weighted by atomic mass is 10.3. The van der Waals surface area contributed by atoms with Gasteiger partial charge in [0.2, 0.25) is 0 Å². The Balaban J connectivity index is 3.23. The molecule has 1 N–H and O–H groups in total. The Kier molecular flexibility index (Phi) is 2.54. The van der Waals surface area contributed by atoms with E-state index in [0.29, 0.717) is 11.0 Å². The highest BCUT2D eigenvalue weighted by Gasteiger charge is 2.07. The van der Waals surface area contributed by atoms with E-state index in [2.05, 4.69) is 21.0 Å². The van der Waals surface area contributed by atoms with Gasteiger partial charge in [-0.15, -0.1) is 0 Å². The van der Waals surface area contributed by atoms with Gasteiger partial charge in [-0.25, -0.2) is 0 Å². The number of hydrogen-bond donors (Lipinski definition) is 1. The third kappa shape index (κ3) is 1.40. The average molecular weight is 219 g/mol.